The Morgan fingerprint density at radius 3 is 2.92 bits per heavy atom. The van der Waals surface area contributed by atoms with Crippen molar-refractivity contribution < 1.29 is 19.1 Å². The second-order valence-electron chi connectivity index (χ2n) is 5.64. The molecule has 1 fully saturated rings. The van der Waals surface area contributed by atoms with Crippen LogP contribution in [0.3, 0.4) is 0 Å². The number of benzene rings is 1. The van der Waals surface area contributed by atoms with Crippen LogP contribution in [0.5, 0.6) is 5.75 Å². The van der Waals surface area contributed by atoms with Crippen molar-refractivity contribution >= 4 is 23.6 Å². The zero-order valence-corrected chi connectivity index (χ0v) is 15.1. The molecule has 0 aliphatic carbocycles. The fourth-order valence-electron chi connectivity index (χ4n) is 2.73. The predicted octanol–water partition coefficient (Wildman–Crippen LogP) is 3.39. The Bertz CT molecular complexity index is 564. The van der Waals surface area contributed by atoms with Gasteiger partial charge in [-0.2, -0.15) is 0 Å². The van der Waals surface area contributed by atoms with Crippen molar-refractivity contribution in [2.45, 2.75) is 38.0 Å². The molecule has 1 amide bonds. The summed E-state index contributed by atoms with van der Waals surface area (Å²) in [5, 5.41) is 0.0542. The number of carbonyl (C=O) groups excluding carboxylic acids is 2. The fraction of sp³-hybridized carbons (Fsp3) is 0.556. The maximum absolute atomic E-state index is 12.2. The number of methoxy groups -OCH3 is 1. The first kappa shape index (κ1) is 18.6. The lowest BCUT2D eigenvalue weighted by atomic mass is 10.1. The molecule has 2 rings (SSSR count). The molecule has 1 aliphatic rings. The number of carbonyl (C=O) groups is 2. The van der Waals surface area contributed by atoms with Crippen molar-refractivity contribution in [3.8, 4) is 5.75 Å². The van der Waals surface area contributed by atoms with Crippen molar-refractivity contribution in [1.82, 2.24) is 4.90 Å². The molecule has 132 valence electrons. The van der Waals surface area contributed by atoms with E-state index in [1.54, 1.807) is 11.8 Å². The minimum atomic E-state index is -0.173. The van der Waals surface area contributed by atoms with Gasteiger partial charge in [-0.15, -0.1) is 11.8 Å². The molecule has 0 radical (unpaired) electrons. The van der Waals surface area contributed by atoms with Crippen LogP contribution in [0.1, 0.15) is 43.5 Å². The van der Waals surface area contributed by atoms with Crippen LogP contribution >= 0.6 is 11.8 Å². The molecular formula is C18H25NO4S. The Balaban J connectivity index is 1.89. The van der Waals surface area contributed by atoms with Gasteiger partial charge in [0.2, 0.25) is 5.91 Å². The third kappa shape index (κ3) is 5.16. The average molecular weight is 351 g/mol. The van der Waals surface area contributed by atoms with E-state index in [2.05, 4.69) is 4.74 Å². The van der Waals surface area contributed by atoms with E-state index in [4.69, 9.17) is 4.74 Å². The molecular weight excluding hydrogens is 326 g/mol. The van der Waals surface area contributed by atoms with Gasteiger partial charge in [0.05, 0.1) is 19.5 Å². The molecule has 1 unspecified atom stereocenters. The number of hydrogen-bond donors (Lipinski definition) is 0. The highest BCUT2D eigenvalue weighted by Gasteiger charge is 2.32. The Morgan fingerprint density at radius 2 is 2.17 bits per heavy atom. The minimum absolute atomic E-state index is 0.0542. The molecule has 1 aliphatic heterocycles. The Kier molecular flexibility index (Phi) is 7.43. The maximum Gasteiger partial charge on any atom is 0.305 e. The minimum Gasteiger partial charge on any atom is -0.494 e. The van der Waals surface area contributed by atoms with Crippen molar-refractivity contribution in [1.29, 1.82) is 0 Å². The van der Waals surface area contributed by atoms with Gasteiger partial charge in [-0.3, -0.25) is 9.59 Å². The van der Waals surface area contributed by atoms with E-state index in [1.165, 1.54) is 7.11 Å². The molecule has 1 saturated heterocycles. The van der Waals surface area contributed by atoms with Gasteiger partial charge < -0.3 is 14.4 Å². The highest BCUT2D eigenvalue weighted by Crippen LogP contribution is 2.39. The van der Waals surface area contributed by atoms with Crippen LogP contribution in [0.15, 0.2) is 24.3 Å². The van der Waals surface area contributed by atoms with E-state index >= 15 is 0 Å². The van der Waals surface area contributed by atoms with Gasteiger partial charge in [-0.25, -0.2) is 0 Å². The average Bonchev–Trinajstić information content (AvgIpc) is 2.96. The lowest BCUT2D eigenvalue weighted by molar-refractivity contribution is -0.140. The highest BCUT2D eigenvalue weighted by molar-refractivity contribution is 8.00. The topological polar surface area (TPSA) is 55.8 Å². The molecule has 0 N–H and O–H groups in total. The van der Waals surface area contributed by atoms with E-state index in [0.717, 1.165) is 37.1 Å². The molecule has 0 aromatic heterocycles. The number of amides is 1. The Morgan fingerprint density at radius 1 is 1.33 bits per heavy atom. The lowest BCUT2D eigenvalue weighted by Crippen LogP contribution is -2.29. The molecule has 6 heteroatoms. The van der Waals surface area contributed by atoms with Crippen LogP contribution in [-0.4, -0.2) is 42.8 Å². The van der Waals surface area contributed by atoms with Gasteiger partial charge in [-0.1, -0.05) is 18.6 Å². The van der Waals surface area contributed by atoms with Crippen molar-refractivity contribution in [3.63, 3.8) is 0 Å². The van der Waals surface area contributed by atoms with Gasteiger partial charge >= 0.3 is 5.97 Å². The van der Waals surface area contributed by atoms with Gasteiger partial charge in [-0.05, 0) is 37.5 Å². The molecule has 1 aromatic rings. The van der Waals surface area contributed by atoms with E-state index in [1.807, 2.05) is 36.1 Å². The molecule has 24 heavy (non-hydrogen) atoms. The Hall–Kier alpha value is -1.69. The summed E-state index contributed by atoms with van der Waals surface area (Å²) in [6.45, 7) is 3.31. The van der Waals surface area contributed by atoms with E-state index in [0.29, 0.717) is 18.8 Å². The zero-order valence-electron chi connectivity index (χ0n) is 14.3. The number of rotatable bonds is 9. The fourth-order valence-corrected chi connectivity index (χ4v) is 3.94. The number of ether oxygens (including phenoxy) is 2. The summed E-state index contributed by atoms with van der Waals surface area (Å²) < 4.78 is 10.2. The summed E-state index contributed by atoms with van der Waals surface area (Å²) in [5.41, 5.74) is 1.10. The normalized spacial score (nSPS) is 17.2. The molecule has 0 saturated carbocycles. The summed E-state index contributed by atoms with van der Waals surface area (Å²) in [6.07, 6.45) is 3.05. The first-order valence-electron chi connectivity index (χ1n) is 8.36. The first-order valence-corrected chi connectivity index (χ1v) is 9.41. The monoisotopic (exact) mass is 351 g/mol. The van der Waals surface area contributed by atoms with Crippen molar-refractivity contribution in [2.75, 3.05) is 26.0 Å². The summed E-state index contributed by atoms with van der Waals surface area (Å²) >= 11 is 1.66. The maximum atomic E-state index is 12.2. The van der Waals surface area contributed by atoms with Crippen molar-refractivity contribution in [2.24, 2.45) is 0 Å². The van der Waals surface area contributed by atoms with E-state index in [-0.39, 0.29) is 17.3 Å². The van der Waals surface area contributed by atoms with Gasteiger partial charge in [0, 0.05) is 13.0 Å². The van der Waals surface area contributed by atoms with Crippen molar-refractivity contribution in [3.05, 3.63) is 29.8 Å². The second kappa shape index (κ2) is 9.57. The summed E-state index contributed by atoms with van der Waals surface area (Å²) in [6, 6.07) is 7.97. The number of thioether (sulfide) groups is 1. The lowest BCUT2D eigenvalue weighted by Gasteiger charge is -2.24. The number of hydrogen-bond acceptors (Lipinski definition) is 5. The Labute approximate surface area is 147 Å². The third-order valence-electron chi connectivity index (χ3n) is 3.93. The molecule has 5 nitrogen and oxygen atoms in total. The van der Waals surface area contributed by atoms with Crippen LogP contribution < -0.4 is 4.74 Å². The van der Waals surface area contributed by atoms with Crippen LogP contribution in [0.2, 0.25) is 0 Å². The molecule has 0 spiro atoms. The van der Waals surface area contributed by atoms with E-state index in [9.17, 15) is 9.59 Å². The summed E-state index contributed by atoms with van der Waals surface area (Å²) in [7, 11) is 1.41. The predicted molar refractivity (Wildman–Crippen MR) is 95.0 cm³/mol. The first-order chi connectivity index (χ1) is 11.7. The number of nitrogens with zero attached hydrogens (tertiary/aromatic N) is 1. The van der Waals surface area contributed by atoms with Crippen LogP contribution in [0, 0.1) is 0 Å². The molecule has 1 atom stereocenters. The quantitative estimate of drug-likeness (QED) is 0.504. The SMILES string of the molecule is CCOc1cccc(C2SCC(=O)N2CCCCCC(=O)OC)c1. The van der Waals surface area contributed by atoms with Crippen LogP contribution in [0.25, 0.3) is 0 Å². The molecule has 1 aromatic carbocycles. The second-order valence-corrected chi connectivity index (χ2v) is 6.71. The van der Waals surface area contributed by atoms with Gasteiger partial charge in [0.15, 0.2) is 0 Å². The highest BCUT2D eigenvalue weighted by atomic mass is 32.2. The molecule has 0 bridgehead atoms. The molecule has 1 heterocycles. The zero-order chi connectivity index (χ0) is 17.4. The number of unbranched alkanes of at least 4 members (excludes halogenated alkanes) is 2. The standard InChI is InChI=1S/C18H25NO4S/c1-3-23-15-9-7-8-14(12-15)18-19(16(20)13-24-18)11-6-4-5-10-17(21)22-2/h7-9,12,18H,3-6,10-11,13H2,1-2H3. The summed E-state index contributed by atoms with van der Waals surface area (Å²) in [5.74, 6) is 1.37. The van der Waals surface area contributed by atoms with Crippen LogP contribution in [-0.2, 0) is 14.3 Å². The third-order valence-corrected chi connectivity index (χ3v) is 5.19. The van der Waals surface area contributed by atoms with E-state index < -0.39 is 0 Å². The summed E-state index contributed by atoms with van der Waals surface area (Å²) in [4.78, 5) is 25.2. The van der Waals surface area contributed by atoms with Gasteiger partial charge in [0.1, 0.15) is 11.1 Å². The largest absolute Gasteiger partial charge is 0.494 e. The van der Waals surface area contributed by atoms with Crippen LogP contribution in [0.4, 0.5) is 0 Å². The number of esters is 1. The van der Waals surface area contributed by atoms with Gasteiger partial charge in [0.25, 0.3) is 0 Å². The smallest absolute Gasteiger partial charge is 0.305 e.